The first-order valence-electron chi connectivity index (χ1n) is 8.01. The maximum absolute atomic E-state index is 6.04. The SMILES string of the molecule is [SiH3]OC(COc1ccccc1)(Oc1ccccc1)Oc1ccccc1. The minimum atomic E-state index is -1.36. The molecule has 0 saturated heterocycles. The van der Waals surface area contributed by atoms with Crippen LogP contribution in [0.3, 0.4) is 0 Å². The average molecular weight is 352 g/mol. The van der Waals surface area contributed by atoms with Crippen molar-refractivity contribution in [3.05, 3.63) is 91.0 Å². The molecule has 0 aliphatic rings. The summed E-state index contributed by atoms with van der Waals surface area (Å²) >= 11 is 0. The van der Waals surface area contributed by atoms with E-state index in [1.165, 1.54) is 0 Å². The predicted octanol–water partition coefficient (Wildman–Crippen LogP) is 3.17. The molecule has 0 N–H and O–H groups in total. The van der Waals surface area contributed by atoms with E-state index in [1.807, 2.05) is 91.0 Å². The van der Waals surface area contributed by atoms with Crippen molar-refractivity contribution < 1.29 is 18.6 Å². The third-order valence-electron chi connectivity index (χ3n) is 3.50. The first-order valence-corrected chi connectivity index (χ1v) is 8.82. The molecule has 3 aromatic carbocycles. The summed E-state index contributed by atoms with van der Waals surface area (Å²) in [4.78, 5) is 0. The van der Waals surface area contributed by atoms with Crippen molar-refractivity contribution in [3.8, 4) is 17.2 Å². The summed E-state index contributed by atoms with van der Waals surface area (Å²) in [6.07, 6.45) is 0. The summed E-state index contributed by atoms with van der Waals surface area (Å²) in [7, 11) is 0.414. The highest BCUT2D eigenvalue weighted by Crippen LogP contribution is 2.25. The molecular weight excluding hydrogens is 332 g/mol. The highest BCUT2D eigenvalue weighted by Gasteiger charge is 2.36. The zero-order chi connectivity index (χ0) is 17.4. The smallest absolute Gasteiger partial charge is 0.397 e. The topological polar surface area (TPSA) is 36.9 Å². The lowest BCUT2D eigenvalue weighted by Gasteiger charge is -2.32. The van der Waals surface area contributed by atoms with Crippen molar-refractivity contribution in [2.75, 3.05) is 6.61 Å². The summed E-state index contributed by atoms with van der Waals surface area (Å²) < 4.78 is 23.7. The van der Waals surface area contributed by atoms with E-state index >= 15 is 0 Å². The van der Waals surface area contributed by atoms with Gasteiger partial charge in [0.1, 0.15) is 17.2 Å². The van der Waals surface area contributed by atoms with Crippen molar-refractivity contribution in [2.24, 2.45) is 0 Å². The largest absolute Gasteiger partial charge is 0.482 e. The molecule has 0 heterocycles. The number of ether oxygens (including phenoxy) is 3. The zero-order valence-corrected chi connectivity index (χ0v) is 16.0. The standard InChI is InChI=1S/C20H20O4Si/c25-24-20(22-18-12-6-2-7-13-18,23-19-14-8-3-9-15-19)16-21-17-10-4-1-5-11-17/h1-15H,16H2,25H3. The van der Waals surface area contributed by atoms with Gasteiger partial charge in [0.2, 0.25) is 0 Å². The van der Waals surface area contributed by atoms with E-state index in [2.05, 4.69) is 0 Å². The fourth-order valence-corrected chi connectivity index (χ4v) is 2.53. The molecule has 0 saturated carbocycles. The van der Waals surface area contributed by atoms with Crippen LogP contribution in [0.2, 0.25) is 0 Å². The lowest BCUT2D eigenvalue weighted by atomic mass is 10.3. The molecule has 0 aliphatic carbocycles. The van der Waals surface area contributed by atoms with Gasteiger partial charge in [-0.05, 0) is 36.4 Å². The molecule has 0 aromatic heterocycles. The van der Waals surface area contributed by atoms with Gasteiger partial charge in [0.15, 0.2) is 17.1 Å². The Balaban J connectivity index is 1.82. The fraction of sp³-hybridized carbons (Fsp3) is 0.100. The minimum absolute atomic E-state index is 0.0876. The molecule has 0 spiro atoms. The number of hydrogen-bond donors (Lipinski definition) is 0. The molecule has 128 valence electrons. The summed E-state index contributed by atoms with van der Waals surface area (Å²) in [6.45, 7) is 0.0876. The molecule has 4 nitrogen and oxygen atoms in total. The van der Waals surface area contributed by atoms with Gasteiger partial charge in [0.25, 0.3) is 0 Å². The molecule has 0 bridgehead atoms. The van der Waals surface area contributed by atoms with E-state index in [4.69, 9.17) is 18.6 Å². The second-order valence-corrected chi connectivity index (χ2v) is 5.73. The average Bonchev–Trinajstić information content (AvgIpc) is 2.68. The lowest BCUT2D eigenvalue weighted by molar-refractivity contribution is -0.265. The summed E-state index contributed by atoms with van der Waals surface area (Å²) in [5, 5.41) is 0. The summed E-state index contributed by atoms with van der Waals surface area (Å²) in [5.41, 5.74) is 0. The van der Waals surface area contributed by atoms with Crippen molar-refractivity contribution in [1.82, 2.24) is 0 Å². The quantitative estimate of drug-likeness (QED) is 0.461. The van der Waals surface area contributed by atoms with Crippen LogP contribution in [-0.2, 0) is 4.43 Å². The Bertz CT molecular complexity index is 709. The number of hydrogen-bond acceptors (Lipinski definition) is 4. The molecule has 3 rings (SSSR count). The Labute approximate surface area is 150 Å². The Kier molecular flexibility index (Phi) is 5.72. The van der Waals surface area contributed by atoms with Crippen LogP contribution in [0.1, 0.15) is 0 Å². The molecule has 0 aliphatic heterocycles. The van der Waals surface area contributed by atoms with E-state index in [1.54, 1.807) is 0 Å². The highest BCUT2D eigenvalue weighted by atomic mass is 28.2. The molecule has 25 heavy (non-hydrogen) atoms. The number of rotatable bonds is 8. The fourth-order valence-electron chi connectivity index (χ4n) is 2.25. The second-order valence-electron chi connectivity index (χ2n) is 5.32. The van der Waals surface area contributed by atoms with E-state index in [0.29, 0.717) is 22.0 Å². The Morgan fingerprint density at radius 3 is 1.40 bits per heavy atom. The van der Waals surface area contributed by atoms with E-state index in [9.17, 15) is 0 Å². The Morgan fingerprint density at radius 2 is 1.00 bits per heavy atom. The lowest BCUT2D eigenvalue weighted by Crippen LogP contribution is -2.50. The van der Waals surface area contributed by atoms with Crippen molar-refractivity contribution in [3.63, 3.8) is 0 Å². The van der Waals surface area contributed by atoms with Gasteiger partial charge in [-0.25, -0.2) is 0 Å². The van der Waals surface area contributed by atoms with Gasteiger partial charge in [-0.2, -0.15) is 0 Å². The number of para-hydroxylation sites is 3. The van der Waals surface area contributed by atoms with E-state index < -0.39 is 5.97 Å². The maximum atomic E-state index is 6.04. The van der Waals surface area contributed by atoms with E-state index in [-0.39, 0.29) is 6.61 Å². The third-order valence-corrected chi connectivity index (χ3v) is 4.12. The minimum Gasteiger partial charge on any atom is -0.482 e. The van der Waals surface area contributed by atoms with Gasteiger partial charge in [-0.3, -0.25) is 0 Å². The van der Waals surface area contributed by atoms with Gasteiger partial charge in [-0.15, -0.1) is 0 Å². The summed E-state index contributed by atoms with van der Waals surface area (Å²) in [6, 6.07) is 28.4. The monoisotopic (exact) mass is 352 g/mol. The number of benzene rings is 3. The third kappa shape index (κ3) is 4.85. The van der Waals surface area contributed by atoms with Crippen molar-refractivity contribution in [1.29, 1.82) is 0 Å². The second kappa shape index (κ2) is 8.37. The molecular formula is C20H20O4Si. The van der Waals surface area contributed by atoms with Crippen LogP contribution in [0.25, 0.3) is 0 Å². The molecule has 0 amide bonds. The molecule has 0 fully saturated rings. The van der Waals surface area contributed by atoms with E-state index in [0.717, 1.165) is 5.75 Å². The first-order chi connectivity index (χ1) is 12.3. The predicted molar refractivity (Wildman–Crippen MR) is 99.8 cm³/mol. The molecule has 3 aromatic rings. The van der Waals surface area contributed by atoms with Crippen LogP contribution in [0.4, 0.5) is 0 Å². The van der Waals surface area contributed by atoms with Crippen molar-refractivity contribution >= 4 is 10.5 Å². The van der Waals surface area contributed by atoms with Crippen LogP contribution in [-0.4, -0.2) is 23.1 Å². The van der Waals surface area contributed by atoms with Crippen LogP contribution < -0.4 is 14.2 Å². The molecule has 5 heteroatoms. The van der Waals surface area contributed by atoms with Gasteiger partial charge in [0, 0.05) is 0 Å². The Hall–Kier alpha value is -2.76. The molecule has 0 radical (unpaired) electrons. The normalized spacial score (nSPS) is 11.0. The zero-order valence-electron chi connectivity index (χ0n) is 14.0. The van der Waals surface area contributed by atoms with Crippen LogP contribution in [0, 0.1) is 0 Å². The van der Waals surface area contributed by atoms with Gasteiger partial charge >= 0.3 is 5.97 Å². The first kappa shape index (κ1) is 17.1. The molecule has 0 unspecified atom stereocenters. The van der Waals surface area contributed by atoms with Crippen molar-refractivity contribution in [2.45, 2.75) is 5.97 Å². The van der Waals surface area contributed by atoms with Crippen LogP contribution in [0.5, 0.6) is 17.2 Å². The maximum Gasteiger partial charge on any atom is 0.397 e. The Morgan fingerprint density at radius 1 is 0.600 bits per heavy atom. The molecule has 0 atom stereocenters. The van der Waals surface area contributed by atoms with Gasteiger partial charge in [0.05, 0.1) is 0 Å². The van der Waals surface area contributed by atoms with Crippen LogP contribution in [0.15, 0.2) is 91.0 Å². The summed E-state index contributed by atoms with van der Waals surface area (Å²) in [5.74, 6) is 0.654. The highest BCUT2D eigenvalue weighted by molar-refractivity contribution is 5.98. The van der Waals surface area contributed by atoms with Gasteiger partial charge < -0.3 is 18.6 Å². The van der Waals surface area contributed by atoms with Crippen LogP contribution >= 0.6 is 0 Å². The van der Waals surface area contributed by atoms with Gasteiger partial charge in [-0.1, -0.05) is 54.6 Å².